The normalized spacial score (nSPS) is 11.7. The number of benzene rings is 2. The minimum atomic E-state index is -3.19. The molecule has 3 aromatic rings. The van der Waals surface area contributed by atoms with Crippen molar-refractivity contribution in [2.45, 2.75) is 31.8 Å². The number of aliphatic imine (C=N–C) groups is 1. The van der Waals surface area contributed by atoms with E-state index in [4.69, 9.17) is 0 Å². The van der Waals surface area contributed by atoms with E-state index in [1.165, 1.54) is 6.26 Å². The fourth-order valence-electron chi connectivity index (χ4n) is 3.18. The third-order valence-corrected chi connectivity index (χ3v) is 5.84. The summed E-state index contributed by atoms with van der Waals surface area (Å²) in [7, 11) is -1.47. The van der Waals surface area contributed by atoms with E-state index in [0.717, 1.165) is 28.2 Å². The molecular weight excluding hydrogens is 525 g/mol. The van der Waals surface area contributed by atoms with Crippen molar-refractivity contribution in [3.63, 3.8) is 0 Å². The van der Waals surface area contributed by atoms with E-state index in [9.17, 15) is 8.42 Å². The van der Waals surface area contributed by atoms with Crippen molar-refractivity contribution in [2.24, 2.45) is 4.99 Å². The van der Waals surface area contributed by atoms with Crippen molar-refractivity contribution in [3.8, 4) is 5.69 Å². The number of para-hydroxylation sites is 1. The van der Waals surface area contributed by atoms with Gasteiger partial charge in [0.2, 0.25) is 0 Å². The number of sulfone groups is 1. The van der Waals surface area contributed by atoms with Crippen LogP contribution in [0.4, 0.5) is 0 Å². The summed E-state index contributed by atoms with van der Waals surface area (Å²) in [6, 6.07) is 17.0. The molecule has 0 aliphatic heterocycles. The molecule has 2 N–H and O–H groups in total. The van der Waals surface area contributed by atoms with Crippen molar-refractivity contribution in [1.29, 1.82) is 0 Å². The SMILES string of the molecule is CN=C(NCc1ccc(S(C)(=O)=O)cc1)NCc1ccccc1-n1nc(C)cc1C.I. The van der Waals surface area contributed by atoms with Gasteiger partial charge in [-0.3, -0.25) is 4.99 Å². The molecule has 0 bridgehead atoms. The third-order valence-electron chi connectivity index (χ3n) is 4.71. The summed E-state index contributed by atoms with van der Waals surface area (Å²) in [5.41, 5.74) is 5.16. The molecule has 0 radical (unpaired) electrons. The van der Waals surface area contributed by atoms with Crippen LogP contribution < -0.4 is 10.6 Å². The molecule has 0 spiro atoms. The Bertz CT molecular complexity index is 1150. The Morgan fingerprint density at radius 2 is 1.68 bits per heavy atom. The summed E-state index contributed by atoms with van der Waals surface area (Å²) >= 11 is 0. The van der Waals surface area contributed by atoms with Gasteiger partial charge in [-0.05, 0) is 49.2 Å². The third kappa shape index (κ3) is 6.54. The Morgan fingerprint density at radius 1 is 1.03 bits per heavy atom. The number of halogens is 1. The summed E-state index contributed by atoms with van der Waals surface area (Å²) in [4.78, 5) is 4.59. The van der Waals surface area contributed by atoms with Gasteiger partial charge in [0, 0.05) is 32.1 Å². The molecule has 7 nitrogen and oxygen atoms in total. The number of hydrogen-bond donors (Lipinski definition) is 2. The zero-order valence-electron chi connectivity index (χ0n) is 18.1. The van der Waals surface area contributed by atoms with Gasteiger partial charge < -0.3 is 10.6 Å². The van der Waals surface area contributed by atoms with E-state index in [1.54, 1.807) is 31.3 Å². The summed E-state index contributed by atoms with van der Waals surface area (Å²) < 4.78 is 25.1. The molecule has 31 heavy (non-hydrogen) atoms. The van der Waals surface area contributed by atoms with Crippen molar-refractivity contribution in [1.82, 2.24) is 20.4 Å². The Balaban J connectivity index is 0.00000341. The molecule has 0 saturated carbocycles. The average molecular weight is 553 g/mol. The van der Waals surface area contributed by atoms with E-state index in [2.05, 4.69) is 38.9 Å². The second kappa shape index (κ2) is 10.8. The highest BCUT2D eigenvalue weighted by molar-refractivity contribution is 14.0. The van der Waals surface area contributed by atoms with Crippen LogP contribution in [0.3, 0.4) is 0 Å². The van der Waals surface area contributed by atoms with Crippen molar-refractivity contribution in [2.75, 3.05) is 13.3 Å². The van der Waals surface area contributed by atoms with Gasteiger partial charge in [-0.2, -0.15) is 5.10 Å². The lowest BCUT2D eigenvalue weighted by Gasteiger charge is -2.15. The predicted octanol–water partition coefficient (Wildman–Crippen LogP) is 3.38. The van der Waals surface area contributed by atoms with Gasteiger partial charge in [0.25, 0.3) is 0 Å². The maximum atomic E-state index is 11.6. The second-order valence-electron chi connectivity index (χ2n) is 7.16. The van der Waals surface area contributed by atoms with Crippen LogP contribution in [0.5, 0.6) is 0 Å². The summed E-state index contributed by atoms with van der Waals surface area (Å²) in [5.74, 6) is 0.658. The highest BCUT2D eigenvalue weighted by atomic mass is 127. The Kier molecular flexibility index (Phi) is 8.63. The maximum Gasteiger partial charge on any atom is 0.191 e. The van der Waals surface area contributed by atoms with E-state index in [0.29, 0.717) is 23.9 Å². The summed E-state index contributed by atoms with van der Waals surface area (Å²) in [6.45, 7) is 5.14. The molecule has 0 aliphatic carbocycles. The Morgan fingerprint density at radius 3 is 2.26 bits per heavy atom. The molecule has 0 atom stereocenters. The topological polar surface area (TPSA) is 88.4 Å². The average Bonchev–Trinajstić information content (AvgIpc) is 3.06. The smallest absolute Gasteiger partial charge is 0.191 e. The predicted molar refractivity (Wildman–Crippen MR) is 135 cm³/mol. The van der Waals surface area contributed by atoms with E-state index in [-0.39, 0.29) is 24.0 Å². The Labute approximate surface area is 200 Å². The molecule has 9 heteroatoms. The van der Waals surface area contributed by atoms with E-state index in [1.807, 2.05) is 30.7 Å². The van der Waals surface area contributed by atoms with Gasteiger partial charge >= 0.3 is 0 Å². The van der Waals surface area contributed by atoms with E-state index < -0.39 is 9.84 Å². The standard InChI is InChI=1S/C22H27N5O2S.HI/c1-16-13-17(2)27(26-16)21-8-6-5-7-19(21)15-25-22(23-3)24-14-18-9-11-20(12-10-18)30(4,28)29;/h5-13H,14-15H2,1-4H3,(H2,23,24,25);1H. The molecular formula is C22H28IN5O2S. The van der Waals surface area contributed by atoms with Gasteiger partial charge in [-0.15, -0.1) is 24.0 Å². The second-order valence-corrected chi connectivity index (χ2v) is 9.18. The first kappa shape index (κ1) is 24.9. The number of nitrogens with zero attached hydrogens (tertiary/aromatic N) is 3. The molecule has 0 saturated heterocycles. The van der Waals surface area contributed by atoms with Gasteiger partial charge in [-0.25, -0.2) is 13.1 Å². The van der Waals surface area contributed by atoms with Crippen LogP contribution in [0.1, 0.15) is 22.5 Å². The monoisotopic (exact) mass is 553 g/mol. The number of guanidine groups is 1. The van der Waals surface area contributed by atoms with E-state index >= 15 is 0 Å². The first-order valence-corrected chi connectivity index (χ1v) is 11.5. The van der Waals surface area contributed by atoms with Gasteiger partial charge in [0.15, 0.2) is 15.8 Å². The van der Waals surface area contributed by atoms with Gasteiger partial charge in [-0.1, -0.05) is 30.3 Å². The van der Waals surface area contributed by atoms with Crippen molar-refractivity contribution >= 4 is 39.8 Å². The number of aromatic nitrogens is 2. The molecule has 0 unspecified atom stereocenters. The fourth-order valence-corrected chi connectivity index (χ4v) is 3.81. The van der Waals surface area contributed by atoms with Crippen LogP contribution in [-0.2, 0) is 22.9 Å². The lowest BCUT2D eigenvalue weighted by Crippen LogP contribution is -2.36. The largest absolute Gasteiger partial charge is 0.352 e. The van der Waals surface area contributed by atoms with Crippen LogP contribution in [0.2, 0.25) is 0 Å². The van der Waals surface area contributed by atoms with Gasteiger partial charge in [0.05, 0.1) is 16.3 Å². The van der Waals surface area contributed by atoms with Crippen LogP contribution in [-0.4, -0.2) is 37.5 Å². The van der Waals surface area contributed by atoms with Crippen LogP contribution in [0.25, 0.3) is 5.69 Å². The van der Waals surface area contributed by atoms with Gasteiger partial charge in [0.1, 0.15) is 0 Å². The van der Waals surface area contributed by atoms with Crippen LogP contribution in [0.15, 0.2) is 64.5 Å². The first-order chi connectivity index (χ1) is 14.3. The maximum absolute atomic E-state index is 11.6. The molecule has 1 heterocycles. The minimum Gasteiger partial charge on any atom is -0.352 e. The minimum absolute atomic E-state index is 0. The van der Waals surface area contributed by atoms with Crippen LogP contribution in [0, 0.1) is 13.8 Å². The number of hydrogen-bond acceptors (Lipinski definition) is 4. The Hall–Kier alpha value is -2.40. The molecule has 3 rings (SSSR count). The first-order valence-electron chi connectivity index (χ1n) is 9.63. The zero-order valence-corrected chi connectivity index (χ0v) is 21.2. The number of nitrogens with one attached hydrogen (secondary N) is 2. The molecule has 166 valence electrons. The lowest BCUT2D eigenvalue weighted by atomic mass is 10.1. The number of rotatable bonds is 6. The summed E-state index contributed by atoms with van der Waals surface area (Å²) in [6.07, 6.45) is 1.20. The zero-order chi connectivity index (χ0) is 21.7. The molecule has 2 aromatic carbocycles. The van der Waals surface area contributed by atoms with Crippen molar-refractivity contribution < 1.29 is 8.42 Å². The quantitative estimate of drug-likeness (QED) is 0.278. The molecule has 0 fully saturated rings. The van der Waals surface area contributed by atoms with Crippen molar-refractivity contribution in [3.05, 3.63) is 77.1 Å². The number of aryl methyl sites for hydroxylation is 2. The molecule has 1 aromatic heterocycles. The fraction of sp³-hybridized carbons (Fsp3) is 0.273. The highest BCUT2D eigenvalue weighted by Crippen LogP contribution is 2.17. The molecule has 0 amide bonds. The lowest BCUT2D eigenvalue weighted by molar-refractivity contribution is 0.602. The molecule has 0 aliphatic rings. The highest BCUT2D eigenvalue weighted by Gasteiger charge is 2.10. The summed E-state index contributed by atoms with van der Waals surface area (Å²) in [5, 5.41) is 11.2. The van der Waals surface area contributed by atoms with Crippen LogP contribution >= 0.6 is 24.0 Å².